The van der Waals surface area contributed by atoms with E-state index in [2.05, 4.69) is 0 Å². The minimum absolute atomic E-state index is 0. The number of nitrogens with zero attached hydrogens (tertiary/aromatic N) is 1. The lowest BCUT2D eigenvalue weighted by molar-refractivity contribution is 0.0999. The summed E-state index contributed by atoms with van der Waals surface area (Å²) < 4.78 is 27.6. The molecule has 2 aromatic rings. The second-order valence-electron chi connectivity index (χ2n) is 6.68. The first kappa shape index (κ1) is 21.4. The lowest BCUT2D eigenvalue weighted by Gasteiger charge is -2.17. The standard InChI is InChI=1S/C19H23N3O3S.ClH/c1-13-7-8-16(9-17(13)19(21)23)26(24,25)22-11-15(10-20)18(12-22)14-5-3-2-4-6-14;/h2-9,15,18H,10-12,20H2,1H3,(H2,21,23);1H/t15-,18+;/m1./s1. The zero-order chi connectivity index (χ0) is 18.9. The molecule has 0 aromatic heterocycles. The van der Waals surface area contributed by atoms with Gasteiger partial charge in [0.2, 0.25) is 15.9 Å². The molecule has 1 aliphatic rings. The number of carbonyl (C=O) groups is 1. The molecule has 6 nitrogen and oxygen atoms in total. The predicted molar refractivity (Wildman–Crippen MR) is 107 cm³/mol. The molecule has 8 heteroatoms. The largest absolute Gasteiger partial charge is 0.366 e. The van der Waals surface area contributed by atoms with Gasteiger partial charge in [0.05, 0.1) is 4.90 Å². The van der Waals surface area contributed by atoms with Crippen LogP contribution in [0.1, 0.15) is 27.4 Å². The fraction of sp³-hybridized carbons (Fsp3) is 0.316. The van der Waals surface area contributed by atoms with Gasteiger partial charge in [0, 0.05) is 24.6 Å². The van der Waals surface area contributed by atoms with E-state index in [1.54, 1.807) is 13.0 Å². The van der Waals surface area contributed by atoms with Gasteiger partial charge < -0.3 is 11.5 Å². The average molecular weight is 410 g/mol. The predicted octanol–water partition coefficient (Wildman–Crippen LogP) is 1.88. The van der Waals surface area contributed by atoms with Crippen LogP contribution in [0.5, 0.6) is 0 Å². The van der Waals surface area contributed by atoms with E-state index in [9.17, 15) is 13.2 Å². The molecule has 0 bridgehead atoms. The second-order valence-corrected chi connectivity index (χ2v) is 8.61. The Bertz CT molecular complexity index is 919. The average Bonchev–Trinajstić information content (AvgIpc) is 3.07. The molecule has 0 radical (unpaired) electrons. The zero-order valence-electron chi connectivity index (χ0n) is 15.0. The summed E-state index contributed by atoms with van der Waals surface area (Å²) in [7, 11) is -3.73. The highest BCUT2D eigenvalue weighted by atomic mass is 35.5. The fourth-order valence-corrected chi connectivity index (χ4v) is 5.07. The second kappa shape index (κ2) is 8.39. The van der Waals surface area contributed by atoms with Crippen molar-refractivity contribution < 1.29 is 13.2 Å². The van der Waals surface area contributed by atoms with Gasteiger partial charge in [-0.1, -0.05) is 36.4 Å². The summed E-state index contributed by atoms with van der Waals surface area (Å²) in [6.45, 7) is 2.86. The summed E-state index contributed by atoms with van der Waals surface area (Å²) in [5, 5.41) is 0. The maximum Gasteiger partial charge on any atom is 0.249 e. The smallest absolute Gasteiger partial charge is 0.249 e. The third kappa shape index (κ3) is 4.16. The van der Waals surface area contributed by atoms with E-state index in [4.69, 9.17) is 11.5 Å². The molecule has 2 atom stereocenters. The maximum atomic E-state index is 13.1. The Morgan fingerprint density at radius 2 is 1.81 bits per heavy atom. The van der Waals surface area contributed by atoms with Gasteiger partial charge in [0.1, 0.15) is 0 Å². The molecule has 1 saturated heterocycles. The van der Waals surface area contributed by atoms with Crippen molar-refractivity contribution in [1.82, 2.24) is 4.31 Å². The molecule has 0 saturated carbocycles. The highest BCUT2D eigenvalue weighted by Crippen LogP contribution is 2.35. The first-order chi connectivity index (χ1) is 12.3. The third-order valence-corrected chi connectivity index (χ3v) is 6.88. The molecule has 4 N–H and O–H groups in total. The summed E-state index contributed by atoms with van der Waals surface area (Å²) >= 11 is 0. The molecule has 146 valence electrons. The molecule has 1 aliphatic heterocycles. The van der Waals surface area contributed by atoms with Crippen molar-refractivity contribution in [2.75, 3.05) is 19.6 Å². The number of rotatable bonds is 5. The minimum Gasteiger partial charge on any atom is -0.366 e. The number of nitrogens with two attached hydrogens (primary N) is 2. The molecule has 3 rings (SSSR count). The zero-order valence-corrected chi connectivity index (χ0v) is 16.7. The van der Waals surface area contributed by atoms with Crippen molar-refractivity contribution in [3.05, 3.63) is 65.2 Å². The highest BCUT2D eigenvalue weighted by Gasteiger charge is 2.39. The normalized spacial score (nSPS) is 20.2. The fourth-order valence-electron chi connectivity index (χ4n) is 3.52. The quantitative estimate of drug-likeness (QED) is 0.786. The molecule has 1 heterocycles. The Morgan fingerprint density at radius 1 is 1.15 bits per heavy atom. The van der Waals surface area contributed by atoms with Crippen molar-refractivity contribution >= 4 is 28.3 Å². The van der Waals surface area contributed by atoms with E-state index in [0.717, 1.165) is 5.56 Å². The Labute approximate surface area is 166 Å². The first-order valence-electron chi connectivity index (χ1n) is 8.50. The van der Waals surface area contributed by atoms with Crippen LogP contribution in [-0.4, -0.2) is 38.3 Å². The SMILES string of the molecule is Cc1ccc(S(=O)(=O)N2C[C@@H](CN)[C@H](c3ccccc3)C2)cc1C(N)=O.Cl. The lowest BCUT2D eigenvalue weighted by Crippen LogP contribution is -2.30. The Hall–Kier alpha value is -1.93. The summed E-state index contributed by atoms with van der Waals surface area (Å²) in [4.78, 5) is 11.6. The Morgan fingerprint density at radius 3 is 2.41 bits per heavy atom. The summed E-state index contributed by atoms with van der Waals surface area (Å²) in [5.74, 6) is -0.534. The molecule has 0 aliphatic carbocycles. The van der Waals surface area contributed by atoms with E-state index >= 15 is 0 Å². The van der Waals surface area contributed by atoms with Gasteiger partial charge in [-0.3, -0.25) is 4.79 Å². The van der Waals surface area contributed by atoms with Crippen LogP contribution in [-0.2, 0) is 10.0 Å². The van der Waals surface area contributed by atoms with E-state index in [-0.39, 0.29) is 34.7 Å². The van der Waals surface area contributed by atoms with Gasteiger partial charge in [-0.25, -0.2) is 8.42 Å². The van der Waals surface area contributed by atoms with Gasteiger partial charge in [-0.15, -0.1) is 12.4 Å². The monoisotopic (exact) mass is 409 g/mol. The maximum absolute atomic E-state index is 13.1. The van der Waals surface area contributed by atoms with E-state index in [1.165, 1.54) is 16.4 Å². The number of aryl methyl sites for hydroxylation is 1. The number of sulfonamides is 1. The number of hydrogen-bond donors (Lipinski definition) is 2. The number of halogens is 1. The number of amides is 1. The first-order valence-corrected chi connectivity index (χ1v) is 9.94. The van der Waals surface area contributed by atoms with Crippen molar-refractivity contribution in [1.29, 1.82) is 0 Å². The van der Waals surface area contributed by atoms with E-state index in [0.29, 0.717) is 25.2 Å². The van der Waals surface area contributed by atoms with Crippen molar-refractivity contribution in [3.8, 4) is 0 Å². The van der Waals surface area contributed by atoms with Crippen LogP contribution < -0.4 is 11.5 Å². The molecule has 27 heavy (non-hydrogen) atoms. The van der Waals surface area contributed by atoms with Crippen LogP contribution >= 0.6 is 12.4 Å². The Kier molecular flexibility index (Phi) is 6.64. The van der Waals surface area contributed by atoms with Crippen LogP contribution in [0.2, 0.25) is 0 Å². The molecule has 1 fully saturated rings. The highest BCUT2D eigenvalue weighted by molar-refractivity contribution is 7.89. The summed E-state index contributed by atoms with van der Waals surface area (Å²) in [5.41, 5.74) is 13.2. The van der Waals surface area contributed by atoms with Gasteiger partial charge in [0.15, 0.2) is 0 Å². The van der Waals surface area contributed by atoms with Crippen molar-refractivity contribution in [3.63, 3.8) is 0 Å². The topological polar surface area (TPSA) is 106 Å². The van der Waals surface area contributed by atoms with Crippen molar-refractivity contribution in [2.45, 2.75) is 17.7 Å². The van der Waals surface area contributed by atoms with E-state index in [1.807, 2.05) is 30.3 Å². The molecule has 0 unspecified atom stereocenters. The summed E-state index contributed by atoms with van der Waals surface area (Å²) in [6, 6.07) is 14.3. The van der Waals surface area contributed by atoms with Gasteiger partial charge in [0.25, 0.3) is 0 Å². The molecule has 0 spiro atoms. The number of benzene rings is 2. The van der Waals surface area contributed by atoms with Gasteiger partial charge in [-0.05, 0) is 42.6 Å². The van der Waals surface area contributed by atoms with Crippen LogP contribution in [0.4, 0.5) is 0 Å². The molecular weight excluding hydrogens is 386 g/mol. The van der Waals surface area contributed by atoms with Crippen molar-refractivity contribution in [2.24, 2.45) is 17.4 Å². The number of carbonyl (C=O) groups excluding carboxylic acids is 1. The lowest BCUT2D eigenvalue weighted by atomic mass is 9.89. The Balaban J connectivity index is 0.00000261. The van der Waals surface area contributed by atoms with Gasteiger partial charge >= 0.3 is 0 Å². The van der Waals surface area contributed by atoms with Crippen LogP contribution in [0.15, 0.2) is 53.4 Å². The minimum atomic E-state index is -3.73. The van der Waals surface area contributed by atoms with E-state index < -0.39 is 15.9 Å². The number of primary amides is 1. The van der Waals surface area contributed by atoms with Crippen LogP contribution in [0, 0.1) is 12.8 Å². The van der Waals surface area contributed by atoms with Crippen LogP contribution in [0.3, 0.4) is 0 Å². The summed E-state index contributed by atoms with van der Waals surface area (Å²) in [6.07, 6.45) is 0. The van der Waals surface area contributed by atoms with Crippen LogP contribution in [0.25, 0.3) is 0 Å². The van der Waals surface area contributed by atoms with Gasteiger partial charge in [-0.2, -0.15) is 4.31 Å². The molecular formula is C19H24ClN3O3S. The molecule has 2 aromatic carbocycles. The number of hydrogen-bond acceptors (Lipinski definition) is 4. The third-order valence-electron chi connectivity index (χ3n) is 5.05. The molecule has 1 amide bonds.